The zero-order valence-electron chi connectivity index (χ0n) is 13.2. The summed E-state index contributed by atoms with van der Waals surface area (Å²) in [5.74, 6) is -0.0984. The van der Waals surface area contributed by atoms with Crippen LogP contribution in [0.3, 0.4) is 0 Å². The summed E-state index contributed by atoms with van der Waals surface area (Å²) in [4.78, 5) is 16.3. The Balaban J connectivity index is 1.92. The Kier molecular flexibility index (Phi) is 5.88. The lowest BCUT2D eigenvalue weighted by Crippen LogP contribution is -2.06. The monoisotopic (exact) mass is 312 g/mol. The first-order valence-corrected chi connectivity index (χ1v) is 7.32. The van der Waals surface area contributed by atoms with Crippen molar-refractivity contribution in [2.24, 2.45) is 5.16 Å². The summed E-state index contributed by atoms with van der Waals surface area (Å²) < 4.78 is 0. The summed E-state index contributed by atoms with van der Waals surface area (Å²) in [5, 5.41) is 15.8. The molecular formula is C18H20N2O3. The highest BCUT2D eigenvalue weighted by molar-refractivity contribution is 5.99. The fraction of sp³-hybridized carbons (Fsp3) is 0.222. The fourth-order valence-electron chi connectivity index (χ4n) is 2.00. The smallest absolute Gasteiger partial charge is 0.221 e. The highest BCUT2D eigenvalue weighted by Gasteiger charge is 2.00. The second kappa shape index (κ2) is 8.10. The summed E-state index contributed by atoms with van der Waals surface area (Å²) in [5.41, 5.74) is 4.28. The van der Waals surface area contributed by atoms with Gasteiger partial charge in [0.05, 0.1) is 12.3 Å². The molecule has 0 aliphatic carbocycles. The Morgan fingerprint density at radius 2 is 1.65 bits per heavy atom. The van der Waals surface area contributed by atoms with Crippen LogP contribution >= 0.6 is 0 Å². The first kappa shape index (κ1) is 16.7. The molecule has 0 fully saturated rings. The van der Waals surface area contributed by atoms with Gasteiger partial charge in [0.1, 0.15) is 6.61 Å². The number of amides is 1. The third kappa shape index (κ3) is 5.23. The van der Waals surface area contributed by atoms with Gasteiger partial charge in [0.25, 0.3) is 0 Å². The molecule has 0 unspecified atom stereocenters. The Morgan fingerprint density at radius 1 is 1.04 bits per heavy atom. The van der Waals surface area contributed by atoms with Crippen LogP contribution in [0.4, 0.5) is 5.69 Å². The van der Waals surface area contributed by atoms with Gasteiger partial charge < -0.3 is 15.3 Å². The van der Waals surface area contributed by atoms with Crippen molar-refractivity contribution in [2.45, 2.75) is 27.1 Å². The summed E-state index contributed by atoms with van der Waals surface area (Å²) in [6.07, 6.45) is 0. The van der Waals surface area contributed by atoms with Crippen molar-refractivity contribution in [3.63, 3.8) is 0 Å². The van der Waals surface area contributed by atoms with Crippen molar-refractivity contribution in [3.05, 3.63) is 65.2 Å². The predicted molar refractivity (Wildman–Crippen MR) is 90.1 cm³/mol. The Morgan fingerprint density at radius 3 is 2.22 bits per heavy atom. The number of oxime groups is 1. The molecule has 5 heteroatoms. The van der Waals surface area contributed by atoms with Crippen molar-refractivity contribution in [1.29, 1.82) is 0 Å². The maximum absolute atomic E-state index is 11.0. The van der Waals surface area contributed by atoms with E-state index in [1.54, 1.807) is 0 Å². The van der Waals surface area contributed by atoms with E-state index in [-0.39, 0.29) is 12.5 Å². The van der Waals surface area contributed by atoms with Crippen LogP contribution in [0.15, 0.2) is 53.7 Å². The Hall–Kier alpha value is -2.66. The number of nitrogens with one attached hydrogen (secondary N) is 1. The Labute approximate surface area is 135 Å². The number of hydrogen-bond acceptors (Lipinski definition) is 4. The summed E-state index contributed by atoms with van der Waals surface area (Å²) in [6.45, 7) is 3.74. The van der Waals surface area contributed by atoms with Crippen molar-refractivity contribution >= 4 is 17.3 Å². The highest BCUT2D eigenvalue weighted by atomic mass is 16.6. The number of benzene rings is 2. The van der Waals surface area contributed by atoms with Gasteiger partial charge >= 0.3 is 0 Å². The van der Waals surface area contributed by atoms with Gasteiger partial charge in [-0.2, -0.15) is 0 Å². The van der Waals surface area contributed by atoms with Crippen LogP contribution in [0.1, 0.15) is 30.5 Å². The lowest BCUT2D eigenvalue weighted by molar-refractivity contribution is -0.114. The predicted octanol–water partition coefficient (Wildman–Crippen LogP) is 3.08. The van der Waals surface area contributed by atoms with E-state index < -0.39 is 0 Å². The molecule has 0 aliphatic rings. The normalized spacial score (nSPS) is 11.2. The second-order valence-electron chi connectivity index (χ2n) is 5.18. The number of carbonyl (C=O) groups excluding carboxylic acids is 1. The maximum atomic E-state index is 11.0. The molecule has 120 valence electrons. The molecule has 0 saturated heterocycles. The maximum Gasteiger partial charge on any atom is 0.221 e. The summed E-state index contributed by atoms with van der Waals surface area (Å²) in [7, 11) is 0. The largest absolute Gasteiger partial charge is 0.392 e. The topological polar surface area (TPSA) is 70.9 Å². The molecule has 0 radical (unpaired) electrons. The number of aliphatic hydroxyl groups excluding tert-OH is 1. The SMILES string of the molecule is CC(=O)Nc1ccc(/C(C)=N/OCc2ccc(CO)cc2)cc1. The molecule has 23 heavy (non-hydrogen) atoms. The minimum atomic E-state index is -0.0984. The number of hydrogen-bond donors (Lipinski definition) is 2. The average molecular weight is 312 g/mol. The minimum Gasteiger partial charge on any atom is -0.392 e. The molecule has 0 heterocycles. The molecule has 0 atom stereocenters. The third-order valence-corrected chi connectivity index (χ3v) is 3.26. The van der Waals surface area contributed by atoms with Crippen LogP contribution in [0.2, 0.25) is 0 Å². The number of anilines is 1. The molecule has 2 aromatic carbocycles. The zero-order valence-corrected chi connectivity index (χ0v) is 13.2. The number of nitrogens with zero attached hydrogens (tertiary/aromatic N) is 1. The number of carbonyl (C=O) groups is 1. The van der Waals surface area contributed by atoms with Crippen molar-refractivity contribution in [3.8, 4) is 0 Å². The van der Waals surface area contributed by atoms with Gasteiger partial charge in [-0.25, -0.2) is 0 Å². The van der Waals surface area contributed by atoms with E-state index in [0.29, 0.717) is 6.61 Å². The molecule has 0 aliphatic heterocycles. The van der Waals surface area contributed by atoms with E-state index >= 15 is 0 Å². The second-order valence-corrected chi connectivity index (χ2v) is 5.18. The van der Waals surface area contributed by atoms with Crippen LogP contribution in [-0.4, -0.2) is 16.7 Å². The van der Waals surface area contributed by atoms with E-state index in [9.17, 15) is 4.79 Å². The van der Waals surface area contributed by atoms with E-state index in [1.165, 1.54) is 6.92 Å². The fourth-order valence-corrected chi connectivity index (χ4v) is 2.00. The van der Waals surface area contributed by atoms with E-state index in [4.69, 9.17) is 9.94 Å². The lowest BCUT2D eigenvalue weighted by atomic mass is 10.1. The van der Waals surface area contributed by atoms with Gasteiger partial charge in [0, 0.05) is 12.6 Å². The van der Waals surface area contributed by atoms with Crippen LogP contribution < -0.4 is 5.32 Å². The number of rotatable bonds is 6. The van der Waals surface area contributed by atoms with Gasteiger partial charge in [-0.3, -0.25) is 4.79 Å². The minimum absolute atomic E-state index is 0.0346. The Bertz CT molecular complexity index is 676. The summed E-state index contributed by atoms with van der Waals surface area (Å²) in [6, 6.07) is 14.9. The molecule has 0 bridgehead atoms. The van der Waals surface area contributed by atoms with Gasteiger partial charge in [-0.15, -0.1) is 0 Å². The molecular weight excluding hydrogens is 292 g/mol. The van der Waals surface area contributed by atoms with Crippen LogP contribution in [0.25, 0.3) is 0 Å². The summed E-state index contributed by atoms with van der Waals surface area (Å²) >= 11 is 0. The number of aliphatic hydroxyl groups is 1. The van der Waals surface area contributed by atoms with Crippen LogP contribution in [0.5, 0.6) is 0 Å². The van der Waals surface area contributed by atoms with Crippen molar-refractivity contribution < 1.29 is 14.7 Å². The standard InChI is InChI=1S/C18H20N2O3/c1-13(17-7-9-18(10-8-17)19-14(2)22)20-23-12-16-5-3-15(11-21)4-6-16/h3-10,21H,11-12H2,1-2H3,(H,19,22)/b20-13+. The molecule has 0 spiro atoms. The molecule has 0 aromatic heterocycles. The molecule has 1 amide bonds. The molecule has 2 rings (SSSR count). The van der Waals surface area contributed by atoms with Crippen LogP contribution in [0, 0.1) is 0 Å². The highest BCUT2D eigenvalue weighted by Crippen LogP contribution is 2.11. The lowest BCUT2D eigenvalue weighted by Gasteiger charge is -2.05. The first-order valence-electron chi connectivity index (χ1n) is 7.32. The van der Waals surface area contributed by atoms with E-state index in [1.807, 2.05) is 55.5 Å². The molecule has 5 nitrogen and oxygen atoms in total. The average Bonchev–Trinajstić information content (AvgIpc) is 2.55. The van der Waals surface area contributed by atoms with Gasteiger partial charge in [-0.1, -0.05) is 41.6 Å². The van der Waals surface area contributed by atoms with E-state index in [2.05, 4.69) is 10.5 Å². The van der Waals surface area contributed by atoms with Gasteiger partial charge in [0.2, 0.25) is 5.91 Å². The van der Waals surface area contributed by atoms with Crippen molar-refractivity contribution in [1.82, 2.24) is 0 Å². The van der Waals surface area contributed by atoms with E-state index in [0.717, 1.165) is 28.1 Å². The van der Waals surface area contributed by atoms with Crippen LogP contribution in [-0.2, 0) is 22.8 Å². The van der Waals surface area contributed by atoms with Gasteiger partial charge in [0.15, 0.2) is 0 Å². The molecule has 2 aromatic rings. The van der Waals surface area contributed by atoms with Gasteiger partial charge in [-0.05, 0) is 35.7 Å². The third-order valence-electron chi connectivity index (χ3n) is 3.26. The van der Waals surface area contributed by atoms with Crippen molar-refractivity contribution in [2.75, 3.05) is 5.32 Å². The molecule has 2 N–H and O–H groups in total. The zero-order chi connectivity index (χ0) is 16.7. The molecule has 0 saturated carbocycles. The quantitative estimate of drug-likeness (QED) is 0.636. The first-order chi connectivity index (χ1) is 11.1.